The molecule has 2 amide bonds. The first-order chi connectivity index (χ1) is 14.0. The Bertz CT molecular complexity index is 791. The second-order valence-corrected chi connectivity index (χ2v) is 7.64. The number of hydrogen-bond donors (Lipinski definition) is 1. The fraction of sp³-hybridized carbons (Fsp3) is 0.545. The summed E-state index contributed by atoms with van der Waals surface area (Å²) in [4.78, 5) is 29.4. The zero-order chi connectivity index (χ0) is 20.6. The third kappa shape index (κ3) is 6.22. The van der Waals surface area contributed by atoms with Gasteiger partial charge < -0.3 is 24.0 Å². The number of hydrogen-bond acceptors (Lipinski definition) is 5. The second kappa shape index (κ2) is 10.3. The van der Waals surface area contributed by atoms with Crippen LogP contribution in [0.15, 0.2) is 33.3 Å². The predicted molar refractivity (Wildman–Crippen MR) is 110 cm³/mol. The fourth-order valence-corrected chi connectivity index (χ4v) is 3.72. The van der Waals surface area contributed by atoms with Crippen LogP contribution in [0.5, 0.6) is 0 Å². The van der Waals surface area contributed by atoms with E-state index >= 15 is 0 Å². The summed E-state index contributed by atoms with van der Waals surface area (Å²) >= 11 is 0. The Hall–Kier alpha value is -2.54. The van der Waals surface area contributed by atoms with Crippen LogP contribution in [0.4, 0.5) is 0 Å². The van der Waals surface area contributed by atoms with Crippen molar-refractivity contribution in [2.24, 2.45) is 0 Å². The number of furan rings is 2. The number of piperidine rings is 1. The normalized spacial score (nSPS) is 14.7. The number of amides is 2. The van der Waals surface area contributed by atoms with Crippen molar-refractivity contribution >= 4 is 11.8 Å². The average Bonchev–Trinajstić information content (AvgIpc) is 3.34. The van der Waals surface area contributed by atoms with Gasteiger partial charge in [0, 0.05) is 26.1 Å². The lowest BCUT2D eigenvalue weighted by Crippen LogP contribution is -2.39. The lowest BCUT2D eigenvalue weighted by atomic mass is 10.1. The molecule has 1 N–H and O–H groups in total. The molecule has 29 heavy (non-hydrogen) atoms. The molecule has 0 atom stereocenters. The molecule has 1 aliphatic heterocycles. The van der Waals surface area contributed by atoms with Crippen molar-refractivity contribution in [3.63, 3.8) is 0 Å². The van der Waals surface area contributed by atoms with Crippen LogP contribution in [-0.2, 0) is 11.3 Å². The molecule has 3 rings (SSSR count). The van der Waals surface area contributed by atoms with Gasteiger partial charge in [-0.15, -0.1) is 0 Å². The lowest BCUT2D eigenvalue weighted by Gasteiger charge is -2.26. The minimum absolute atomic E-state index is 0.0423. The Morgan fingerprint density at radius 1 is 1.21 bits per heavy atom. The van der Waals surface area contributed by atoms with Crippen LogP contribution < -0.4 is 5.32 Å². The minimum atomic E-state index is -0.156. The summed E-state index contributed by atoms with van der Waals surface area (Å²) in [5.41, 5.74) is 0.527. The standard InChI is InChI=1S/C22H31N3O4/c1-17-15-20(18(2)29-17)22(27)25(16-19-7-6-14-28-19)12-8-21(26)23-9-13-24-10-4-3-5-11-24/h6-7,14-15H,3-5,8-13,16H2,1-2H3,(H,23,26). The SMILES string of the molecule is Cc1cc(C(=O)N(CCC(=O)NCCN2CCCCC2)Cc2ccco2)c(C)o1. The fourth-order valence-electron chi connectivity index (χ4n) is 3.72. The smallest absolute Gasteiger partial charge is 0.257 e. The largest absolute Gasteiger partial charge is 0.467 e. The zero-order valence-electron chi connectivity index (χ0n) is 17.4. The van der Waals surface area contributed by atoms with Gasteiger partial charge in [0.2, 0.25) is 5.91 Å². The van der Waals surface area contributed by atoms with E-state index in [0.29, 0.717) is 42.5 Å². The molecule has 0 radical (unpaired) electrons. The Morgan fingerprint density at radius 2 is 2.00 bits per heavy atom. The molecular formula is C22H31N3O4. The topological polar surface area (TPSA) is 78.9 Å². The number of carbonyl (C=O) groups excluding carboxylic acids is 2. The van der Waals surface area contributed by atoms with Crippen LogP contribution in [-0.4, -0.2) is 54.3 Å². The van der Waals surface area contributed by atoms with E-state index in [0.717, 1.165) is 19.6 Å². The molecule has 0 saturated carbocycles. The highest BCUT2D eigenvalue weighted by atomic mass is 16.3. The first-order valence-corrected chi connectivity index (χ1v) is 10.4. The Labute approximate surface area is 172 Å². The van der Waals surface area contributed by atoms with Gasteiger partial charge in [-0.2, -0.15) is 0 Å². The van der Waals surface area contributed by atoms with Crippen LogP contribution in [0.1, 0.15) is 53.3 Å². The van der Waals surface area contributed by atoms with Crippen molar-refractivity contribution in [1.82, 2.24) is 15.1 Å². The maximum atomic E-state index is 13.0. The summed E-state index contributed by atoms with van der Waals surface area (Å²) in [6.45, 7) is 7.99. The van der Waals surface area contributed by atoms with Crippen molar-refractivity contribution in [2.75, 3.05) is 32.7 Å². The highest BCUT2D eigenvalue weighted by molar-refractivity contribution is 5.95. The molecule has 0 aliphatic carbocycles. The molecule has 1 saturated heterocycles. The maximum absolute atomic E-state index is 13.0. The Balaban J connectivity index is 1.53. The minimum Gasteiger partial charge on any atom is -0.467 e. The van der Waals surface area contributed by atoms with E-state index in [1.165, 1.54) is 19.3 Å². The first-order valence-electron chi connectivity index (χ1n) is 10.4. The third-order valence-corrected chi connectivity index (χ3v) is 5.29. The van der Waals surface area contributed by atoms with Gasteiger partial charge in [0.25, 0.3) is 5.91 Å². The Kier molecular flexibility index (Phi) is 7.52. The molecule has 158 valence electrons. The molecule has 0 bridgehead atoms. The van der Waals surface area contributed by atoms with E-state index in [9.17, 15) is 9.59 Å². The summed E-state index contributed by atoms with van der Waals surface area (Å²) in [6.07, 6.45) is 5.62. The summed E-state index contributed by atoms with van der Waals surface area (Å²) in [6, 6.07) is 5.36. The van der Waals surface area contributed by atoms with Crippen LogP contribution >= 0.6 is 0 Å². The van der Waals surface area contributed by atoms with Crippen LogP contribution in [0.3, 0.4) is 0 Å². The molecule has 0 aromatic carbocycles. The van der Waals surface area contributed by atoms with Gasteiger partial charge in [-0.3, -0.25) is 9.59 Å². The number of carbonyl (C=O) groups is 2. The molecule has 3 heterocycles. The van der Waals surface area contributed by atoms with Crippen molar-refractivity contribution in [3.05, 3.63) is 47.3 Å². The molecule has 7 nitrogen and oxygen atoms in total. The quantitative estimate of drug-likeness (QED) is 0.698. The number of nitrogens with one attached hydrogen (secondary N) is 1. The highest BCUT2D eigenvalue weighted by Gasteiger charge is 2.22. The molecule has 0 spiro atoms. The van der Waals surface area contributed by atoms with Gasteiger partial charge in [-0.05, 0) is 58.0 Å². The first kappa shape index (κ1) is 21.2. The number of aryl methyl sites for hydroxylation is 2. The van der Waals surface area contributed by atoms with E-state index in [-0.39, 0.29) is 18.2 Å². The summed E-state index contributed by atoms with van der Waals surface area (Å²) in [7, 11) is 0. The zero-order valence-corrected chi connectivity index (χ0v) is 17.4. The van der Waals surface area contributed by atoms with Crippen molar-refractivity contribution in [3.8, 4) is 0 Å². The van der Waals surface area contributed by atoms with Crippen molar-refractivity contribution in [2.45, 2.75) is 46.1 Å². The number of rotatable bonds is 9. The summed E-state index contributed by atoms with van der Waals surface area (Å²) < 4.78 is 10.9. The molecule has 0 unspecified atom stereocenters. The van der Waals surface area contributed by atoms with E-state index in [4.69, 9.17) is 8.83 Å². The molecular weight excluding hydrogens is 370 g/mol. The van der Waals surface area contributed by atoms with Gasteiger partial charge >= 0.3 is 0 Å². The summed E-state index contributed by atoms with van der Waals surface area (Å²) in [5, 5.41) is 2.98. The maximum Gasteiger partial charge on any atom is 0.257 e. The van der Waals surface area contributed by atoms with Gasteiger partial charge in [0.1, 0.15) is 17.3 Å². The van der Waals surface area contributed by atoms with Gasteiger partial charge in [0.05, 0.1) is 18.4 Å². The molecule has 1 aliphatic rings. The van der Waals surface area contributed by atoms with Crippen molar-refractivity contribution in [1.29, 1.82) is 0 Å². The monoisotopic (exact) mass is 401 g/mol. The number of likely N-dealkylation sites (tertiary alicyclic amines) is 1. The Morgan fingerprint density at radius 3 is 2.66 bits per heavy atom. The lowest BCUT2D eigenvalue weighted by molar-refractivity contribution is -0.121. The molecule has 1 fully saturated rings. The van der Waals surface area contributed by atoms with E-state index in [1.807, 2.05) is 13.0 Å². The summed E-state index contributed by atoms with van der Waals surface area (Å²) in [5.74, 6) is 1.76. The second-order valence-electron chi connectivity index (χ2n) is 7.64. The predicted octanol–water partition coefficient (Wildman–Crippen LogP) is 3.12. The van der Waals surface area contributed by atoms with Crippen LogP contribution in [0.25, 0.3) is 0 Å². The third-order valence-electron chi connectivity index (χ3n) is 5.29. The molecule has 7 heteroatoms. The van der Waals surface area contributed by atoms with Gasteiger partial charge in [-0.25, -0.2) is 0 Å². The van der Waals surface area contributed by atoms with E-state index in [2.05, 4.69) is 10.2 Å². The van der Waals surface area contributed by atoms with E-state index < -0.39 is 0 Å². The van der Waals surface area contributed by atoms with E-state index in [1.54, 1.807) is 30.2 Å². The number of nitrogens with zero attached hydrogens (tertiary/aromatic N) is 2. The van der Waals surface area contributed by atoms with Gasteiger partial charge in [-0.1, -0.05) is 6.42 Å². The molecule has 2 aromatic heterocycles. The van der Waals surface area contributed by atoms with Crippen LogP contribution in [0, 0.1) is 13.8 Å². The van der Waals surface area contributed by atoms with Crippen LogP contribution in [0.2, 0.25) is 0 Å². The van der Waals surface area contributed by atoms with Crippen molar-refractivity contribution < 1.29 is 18.4 Å². The average molecular weight is 402 g/mol. The highest BCUT2D eigenvalue weighted by Crippen LogP contribution is 2.18. The molecule has 2 aromatic rings. The van der Waals surface area contributed by atoms with Gasteiger partial charge in [0.15, 0.2) is 0 Å².